The highest BCUT2D eigenvalue weighted by Gasteiger charge is 2.29. The van der Waals surface area contributed by atoms with Crippen molar-refractivity contribution in [2.24, 2.45) is 5.92 Å². The number of ether oxygens (including phenoxy) is 1. The summed E-state index contributed by atoms with van der Waals surface area (Å²) >= 11 is 0. The average Bonchev–Trinajstić information content (AvgIpc) is 2.92. The zero-order valence-corrected chi connectivity index (χ0v) is 11.9. The van der Waals surface area contributed by atoms with Crippen LogP contribution < -0.4 is 0 Å². The number of rotatable bonds is 7. The molecule has 1 aliphatic rings. The van der Waals surface area contributed by atoms with Gasteiger partial charge >= 0.3 is 5.97 Å². The molecule has 0 bridgehead atoms. The molecule has 6 heteroatoms. The number of nitrogens with zero attached hydrogens (tertiary/aromatic N) is 2. The van der Waals surface area contributed by atoms with E-state index in [2.05, 4.69) is 10.1 Å². The van der Waals surface area contributed by atoms with Gasteiger partial charge in [0.25, 0.3) is 0 Å². The predicted molar refractivity (Wildman–Crippen MR) is 71.2 cm³/mol. The average molecular weight is 282 g/mol. The molecule has 112 valence electrons. The van der Waals surface area contributed by atoms with Gasteiger partial charge in [0.05, 0.1) is 6.42 Å². The standard InChI is InChI=1S/C14H22N2O4/c1-2-19-13(10-6-4-3-5-7-10)14-15-11(20-16-14)8-9-12(17)18/h10,13H,2-9H2,1H3,(H,17,18). The topological polar surface area (TPSA) is 85.5 Å². The Bertz CT molecular complexity index is 427. The van der Waals surface area contributed by atoms with Gasteiger partial charge in [-0.1, -0.05) is 24.4 Å². The van der Waals surface area contributed by atoms with Gasteiger partial charge in [0.1, 0.15) is 6.10 Å². The Hall–Kier alpha value is -1.43. The summed E-state index contributed by atoms with van der Waals surface area (Å²) in [6, 6.07) is 0. The summed E-state index contributed by atoms with van der Waals surface area (Å²) < 4.78 is 10.9. The minimum absolute atomic E-state index is 0.00433. The first-order valence-corrected chi connectivity index (χ1v) is 7.36. The summed E-state index contributed by atoms with van der Waals surface area (Å²) in [4.78, 5) is 14.9. The number of hydrogen-bond acceptors (Lipinski definition) is 5. The minimum atomic E-state index is -0.863. The molecule has 1 fully saturated rings. The molecule has 1 heterocycles. The summed E-state index contributed by atoms with van der Waals surface area (Å²) in [5, 5.41) is 12.6. The van der Waals surface area contributed by atoms with Crippen molar-refractivity contribution in [2.75, 3.05) is 6.61 Å². The summed E-state index contributed by atoms with van der Waals surface area (Å²) in [7, 11) is 0. The van der Waals surface area contributed by atoms with E-state index in [4.69, 9.17) is 14.4 Å². The van der Waals surface area contributed by atoms with Gasteiger partial charge in [0.2, 0.25) is 11.7 Å². The maximum absolute atomic E-state index is 10.5. The van der Waals surface area contributed by atoms with Gasteiger partial charge in [0.15, 0.2) is 0 Å². The molecule has 1 atom stereocenters. The van der Waals surface area contributed by atoms with Crippen LogP contribution in [0.15, 0.2) is 4.52 Å². The number of carboxylic acids is 1. The van der Waals surface area contributed by atoms with Crippen LogP contribution >= 0.6 is 0 Å². The van der Waals surface area contributed by atoms with Crippen molar-refractivity contribution in [1.82, 2.24) is 10.1 Å². The molecule has 20 heavy (non-hydrogen) atoms. The fraction of sp³-hybridized carbons (Fsp3) is 0.786. The molecular weight excluding hydrogens is 260 g/mol. The highest BCUT2D eigenvalue weighted by Crippen LogP contribution is 2.35. The first kappa shape index (κ1) is 15.0. The molecule has 0 radical (unpaired) electrons. The molecule has 0 aromatic carbocycles. The van der Waals surface area contributed by atoms with Crippen LogP contribution in [0.25, 0.3) is 0 Å². The molecule has 2 rings (SSSR count). The molecule has 0 spiro atoms. The Morgan fingerprint density at radius 1 is 1.45 bits per heavy atom. The van der Waals surface area contributed by atoms with E-state index in [0.29, 0.717) is 24.2 Å². The number of aromatic nitrogens is 2. The first-order valence-electron chi connectivity index (χ1n) is 7.36. The van der Waals surface area contributed by atoms with Crippen molar-refractivity contribution in [1.29, 1.82) is 0 Å². The van der Waals surface area contributed by atoms with E-state index >= 15 is 0 Å². The van der Waals surface area contributed by atoms with Gasteiger partial charge in [-0.2, -0.15) is 4.98 Å². The van der Waals surface area contributed by atoms with E-state index in [0.717, 1.165) is 12.8 Å². The summed E-state index contributed by atoms with van der Waals surface area (Å²) in [5.74, 6) is 0.522. The molecule has 0 aliphatic heterocycles. The van der Waals surface area contributed by atoms with E-state index in [1.165, 1.54) is 19.3 Å². The van der Waals surface area contributed by atoms with Crippen LogP contribution in [-0.2, 0) is 16.0 Å². The van der Waals surface area contributed by atoms with Gasteiger partial charge in [-0.25, -0.2) is 0 Å². The van der Waals surface area contributed by atoms with Crippen LogP contribution in [0, 0.1) is 5.92 Å². The molecule has 1 N–H and O–H groups in total. The van der Waals surface area contributed by atoms with Gasteiger partial charge in [-0.05, 0) is 25.7 Å². The monoisotopic (exact) mass is 282 g/mol. The lowest BCUT2D eigenvalue weighted by molar-refractivity contribution is -0.137. The fourth-order valence-electron chi connectivity index (χ4n) is 2.74. The van der Waals surface area contributed by atoms with Crippen molar-refractivity contribution in [3.8, 4) is 0 Å². The molecule has 1 aromatic heterocycles. The van der Waals surface area contributed by atoms with Gasteiger partial charge in [-0.15, -0.1) is 0 Å². The van der Waals surface area contributed by atoms with E-state index in [-0.39, 0.29) is 18.9 Å². The molecule has 0 amide bonds. The fourth-order valence-corrected chi connectivity index (χ4v) is 2.74. The number of hydrogen-bond donors (Lipinski definition) is 1. The zero-order valence-electron chi connectivity index (χ0n) is 11.9. The second-order valence-corrected chi connectivity index (χ2v) is 5.21. The van der Waals surface area contributed by atoms with Gasteiger partial charge in [0, 0.05) is 13.0 Å². The smallest absolute Gasteiger partial charge is 0.303 e. The van der Waals surface area contributed by atoms with Crippen molar-refractivity contribution in [2.45, 2.75) is 58.0 Å². The normalized spacial score (nSPS) is 18.1. The highest BCUT2D eigenvalue weighted by molar-refractivity contribution is 5.66. The maximum Gasteiger partial charge on any atom is 0.303 e. The van der Waals surface area contributed by atoms with Crippen LogP contribution in [0.2, 0.25) is 0 Å². The third kappa shape index (κ3) is 4.03. The molecule has 6 nitrogen and oxygen atoms in total. The lowest BCUT2D eigenvalue weighted by atomic mass is 9.85. The number of carboxylic acid groups (broad SMARTS) is 1. The Kier molecular flexibility index (Phi) is 5.52. The summed E-state index contributed by atoms with van der Waals surface area (Å²) in [6.45, 7) is 2.57. The third-order valence-electron chi connectivity index (χ3n) is 3.72. The van der Waals surface area contributed by atoms with Crippen LogP contribution in [-0.4, -0.2) is 27.8 Å². The quantitative estimate of drug-likeness (QED) is 0.827. The lowest BCUT2D eigenvalue weighted by Gasteiger charge is -2.27. The van der Waals surface area contributed by atoms with Gasteiger partial charge in [-0.3, -0.25) is 4.79 Å². The van der Waals surface area contributed by atoms with E-state index in [1.807, 2.05) is 6.92 Å². The SMILES string of the molecule is CCOC(c1noc(CCC(=O)O)n1)C1CCCCC1. The Morgan fingerprint density at radius 2 is 2.20 bits per heavy atom. The minimum Gasteiger partial charge on any atom is -0.481 e. The van der Waals surface area contributed by atoms with Crippen LogP contribution in [0.4, 0.5) is 0 Å². The van der Waals surface area contributed by atoms with Crippen molar-refractivity contribution in [3.63, 3.8) is 0 Å². The van der Waals surface area contributed by atoms with Crippen molar-refractivity contribution < 1.29 is 19.2 Å². The molecule has 1 unspecified atom stereocenters. The van der Waals surface area contributed by atoms with Crippen molar-refractivity contribution in [3.05, 3.63) is 11.7 Å². The number of carbonyl (C=O) groups is 1. The molecular formula is C14H22N2O4. The number of aryl methyl sites for hydroxylation is 1. The Balaban J connectivity index is 2.02. The highest BCUT2D eigenvalue weighted by atomic mass is 16.5. The van der Waals surface area contributed by atoms with Crippen LogP contribution in [0.3, 0.4) is 0 Å². The van der Waals surface area contributed by atoms with Gasteiger partial charge < -0.3 is 14.4 Å². The molecule has 1 aromatic rings. The van der Waals surface area contributed by atoms with E-state index < -0.39 is 5.97 Å². The number of aliphatic carboxylic acids is 1. The van der Waals surface area contributed by atoms with Crippen molar-refractivity contribution >= 4 is 5.97 Å². The first-order chi connectivity index (χ1) is 9.70. The van der Waals surface area contributed by atoms with E-state index in [9.17, 15) is 4.79 Å². The predicted octanol–water partition coefficient (Wildman–Crippen LogP) is 2.74. The second kappa shape index (κ2) is 7.38. The molecule has 1 aliphatic carbocycles. The second-order valence-electron chi connectivity index (χ2n) is 5.21. The summed E-state index contributed by atoms with van der Waals surface area (Å²) in [6.07, 6.45) is 6.13. The van der Waals surface area contributed by atoms with E-state index in [1.54, 1.807) is 0 Å². The maximum atomic E-state index is 10.5. The Morgan fingerprint density at radius 3 is 2.85 bits per heavy atom. The zero-order chi connectivity index (χ0) is 14.4. The largest absolute Gasteiger partial charge is 0.481 e. The third-order valence-corrected chi connectivity index (χ3v) is 3.72. The Labute approximate surface area is 118 Å². The molecule has 0 saturated heterocycles. The summed E-state index contributed by atoms with van der Waals surface area (Å²) in [5.41, 5.74) is 0. The van der Waals surface area contributed by atoms with Crippen LogP contribution in [0.5, 0.6) is 0 Å². The lowest BCUT2D eigenvalue weighted by Crippen LogP contribution is -2.20. The molecule has 1 saturated carbocycles. The van der Waals surface area contributed by atoms with Crippen LogP contribution in [0.1, 0.15) is 63.3 Å².